The Morgan fingerprint density at radius 3 is 2.75 bits per heavy atom. The molecule has 0 saturated heterocycles. The lowest BCUT2D eigenvalue weighted by atomic mass is 10.2. The van der Waals surface area contributed by atoms with E-state index < -0.39 is 0 Å². The molecule has 7 heteroatoms. The third kappa shape index (κ3) is 4.67. The molecule has 0 aliphatic carbocycles. The minimum absolute atomic E-state index is 0.489. The quantitative estimate of drug-likeness (QED) is 0.550. The molecule has 0 amide bonds. The zero-order chi connectivity index (χ0) is 17.4. The number of rotatable bonds is 9. The maximum absolute atomic E-state index is 5.71. The van der Waals surface area contributed by atoms with Crippen molar-refractivity contribution in [3.63, 3.8) is 0 Å². The van der Waals surface area contributed by atoms with E-state index in [0.29, 0.717) is 18.0 Å². The van der Waals surface area contributed by atoms with Gasteiger partial charge in [-0.25, -0.2) is 0 Å². The summed E-state index contributed by atoms with van der Waals surface area (Å²) in [6.07, 6.45) is 4.50. The highest BCUT2D eigenvalue weighted by atomic mass is 32.1. The standard InChI is InChI=1S/C17H24N4O2S/c1-4-7-16-19-20-17(24)21(16)18-12-13-8-9-14(23-10-5-2)15(11-13)22-6-3/h8-9,11-12H,4-7,10H2,1-3H3,(H,20,24)/b18-12-. The molecule has 0 saturated carbocycles. The first-order chi connectivity index (χ1) is 11.7. The molecule has 0 atom stereocenters. The number of aromatic amines is 1. The Hall–Kier alpha value is -2.15. The Kier molecular flexibility index (Phi) is 6.99. The number of hydrogen-bond donors (Lipinski definition) is 1. The van der Waals surface area contributed by atoms with E-state index in [2.05, 4.69) is 29.1 Å². The first kappa shape index (κ1) is 18.2. The van der Waals surface area contributed by atoms with Crippen LogP contribution in [-0.4, -0.2) is 34.3 Å². The molecule has 2 aromatic rings. The first-order valence-electron chi connectivity index (χ1n) is 8.29. The molecule has 0 aliphatic heterocycles. The number of H-pyrrole nitrogens is 1. The third-order valence-corrected chi connectivity index (χ3v) is 3.51. The average Bonchev–Trinajstić information content (AvgIpc) is 2.93. The van der Waals surface area contributed by atoms with Crippen molar-refractivity contribution >= 4 is 18.4 Å². The van der Waals surface area contributed by atoms with Crippen LogP contribution in [0.3, 0.4) is 0 Å². The van der Waals surface area contributed by atoms with Crippen molar-refractivity contribution in [3.05, 3.63) is 34.4 Å². The lowest BCUT2D eigenvalue weighted by Crippen LogP contribution is -2.01. The zero-order valence-electron chi connectivity index (χ0n) is 14.4. The molecule has 0 bridgehead atoms. The Morgan fingerprint density at radius 1 is 1.21 bits per heavy atom. The van der Waals surface area contributed by atoms with Crippen LogP contribution in [0.25, 0.3) is 0 Å². The molecule has 24 heavy (non-hydrogen) atoms. The van der Waals surface area contributed by atoms with Crippen molar-refractivity contribution in [2.45, 2.75) is 40.0 Å². The first-order valence-corrected chi connectivity index (χ1v) is 8.70. The Labute approximate surface area is 147 Å². The second-order valence-corrected chi connectivity index (χ2v) is 5.63. The van der Waals surface area contributed by atoms with Crippen LogP contribution in [0.15, 0.2) is 23.3 Å². The summed E-state index contributed by atoms with van der Waals surface area (Å²) in [5.74, 6) is 2.30. The summed E-state index contributed by atoms with van der Waals surface area (Å²) in [5.41, 5.74) is 0.910. The number of benzene rings is 1. The maximum atomic E-state index is 5.71. The minimum atomic E-state index is 0.489. The lowest BCUT2D eigenvalue weighted by Gasteiger charge is -2.11. The normalized spacial score (nSPS) is 11.1. The number of aromatic nitrogens is 3. The van der Waals surface area contributed by atoms with E-state index >= 15 is 0 Å². The van der Waals surface area contributed by atoms with Gasteiger partial charge in [0, 0.05) is 6.42 Å². The predicted octanol–water partition coefficient (Wildman–Crippen LogP) is 3.96. The SMILES string of the molecule is CCCOc1ccc(/C=N\n2c(CCC)n[nH]c2=S)cc1OCC. The molecule has 0 radical (unpaired) electrons. The monoisotopic (exact) mass is 348 g/mol. The molecular formula is C17H24N4O2S. The number of ether oxygens (including phenoxy) is 2. The average molecular weight is 348 g/mol. The van der Waals surface area contributed by atoms with E-state index in [1.807, 2.05) is 25.1 Å². The van der Waals surface area contributed by atoms with Crippen LogP contribution in [0, 0.1) is 4.77 Å². The number of aryl methyl sites for hydroxylation is 1. The molecule has 0 fully saturated rings. The van der Waals surface area contributed by atoms with Gasteiger partial charge >= 0.3 is 0 Å². The van der Waals surface area contributed by atoms with E-state index in [0.717, 1.165) is 42.1 Å². The topological polar surface area (TPSA) is 64.4 Å². The summed E-state index contributed by atoms with van der Waals surface area (Å²) in [6.45, 7) is 7.36. The smallest absolute Gasteiger partial charge is 0.216 e. The fraction of sp³-hybridized carbons (Fsp3) is 0.471. The molecule has 0 unspecified atom stereocenters. The van der Waals surface area contributed by atoms with E-state index in [1.165, 1.54) is 0 Å². The minimum Gasteiger partial charge on any atom is -0.490 e. The van der Waals surface area contributed by atoms with E-state index in [1.54, 1.807) is 10.9 Å². The fourth-order valence-corrected chi connectivity index (χ4v) is 2.36. The molecular weight excluding hydrogens is 324 g/mol. The highest BCUT2D eigenvalue weighted by Gasteiger charge is 2.07. The third-order valence-electron chi connectivity index (χ3n) is 3.24. The lowest BCUT2D eigenvalue weighted by molar-refractivity contribution is 0.277. The number of nitrogens with one attached hydrogen (secondary N) is 1. The Balaban J connectivity index is 2.24. The van der Waals surface area contributed by atoms with Crippen LogP contribution in [-0.2, 0) is 6.42 Å². The molecule has 2 rings (SSSR count). The van der Waals surface area contributed by atoms with Gasteiger partial charge in [-0.1, -0.05) is 13.8 Å². The van der Waals surface area contributed by atoms with Gasteiger partial charge in [0.2, 0.25) is 4.77 Å². The summed E-state index contributed by atoms with van der Waals surface area (Å²) in [4.78, 5) is 0. The fourth-order valence-electron chi connectivity index (χ4n) is 2.16. The van der Waals surface area contributed by atoms with Crippen molar-refractivity contribution in [1.82, 2.24) is 14.9 Å². The van der Waals surface area contributed by atoms with Gasteiger partial charge in [-0.2, -0.15) is 14.9 Å². The van der Waals surface area contributed by atoms with Gasteiger partial charge in [0.25, 0.3) is 0 Å². The van der Waals surface area contributed by atoms with Crippen LogP contribution in [0.1, 0.15) is 45.0 Å². The predicted molar refractivity (Wildman–Crippen MR) is 97.8 cm³/mol. The van der Waals surface area contributed by atoms with Gasteiger partial charge in [-0.3, -0.25) is 5.10 Å². The molecule has 1 heterocycles. The second kappa shape index (κ2) is 9.22. The van der Waals surface area contributed by atoms with Gasteiger partial charge in [0.15, 0.2) is 17.3 Å². The molecule has 1 aromatic carbocycles. The molecule has 0 spiro atoms. The van der Waals surface area contributed by atoms with Crippen molar-refractivity contribution in [2.24, 2.45) is 5.10 Å². The summed E-state index contributed by atoms with van der Waals surface area (Å²) < 4.78 is 13.5. The van der Waals surface area contributed by atoms with Crippen LogP contribution in [0.2, 0.25) is 0 Å². The highest BCUT2D eigenvalue weighted by molar-refractivity contribution is 7.71. The van der Waals surface area contributed by atoms with Gasteiger partial charge in [-0.05, 0) is 55.7 Å². The van der Waals surface area contributed by atoms with Crippen LogP contribution in [0.5, 0.6) is 11.5 Å². The molecule has 130 valence electrons. The van der Waals surface area contributed by atoms with Gasteiger partial charge in [0.05, 0.1) is 19.4 Å². The molecule has 1 N–H and O–H groups in total. The largest absolute Gasteiger partial charge is 0.490 e. The molecule has 1 aromatic heterocycles. The summed E-state index contributed by atoms with van der Waals surface area (Å²) >= 11 is 5.22. The Bertz CT molecular complexity index is 736. The van der Waals surface area contributed by atoms with E-state index in [9.17, 15) is 0 Å². The Morgan fingerprint density at radius 2 is 2.04 bits per heavy atom. The van der Waals surface area contributed by atoms with Gasteiger partial charge < -0.3 is 9.47 Å². The summed E-state index contributed by atoms with van der Waals surface area (Å²) in [7, 11) is 0. The number of nitrogens with zero attached hydrogens (tertiary/aromatic N) is 3. The summed E-state index contributed by atoms with van der Waals surface area (Å²) in [5, 5.41) is 11.4. The van der Waals surface area contributed by atoms with Crippen molar-refractivity contribution in [2.75, 3.05) is 13.2 Å². The second-order valence-electron chi connectivity index (χ2n) is 5.24. The van der Waals surface area contributed by atoms with Crippen LogP contribution >= 0.6 is 12.2 Å². The molecule has 0 aliphatic rings. The van der Waals surface area contributed by atoms with Gasteiger partial charge in [-0.15, -0.1) is 0 Å². The van der Waals surface area contributed by atoms with Crippen LogP contribution < -0.4 is 9.47 Å². The summed E-state index contributed by atoms with van der Waals surface area (Å²) in [6, 6.07) is 5.77. The van der Waals surface area contributed by atoms with Crippen molar-refractivity contribution in [1.29, 1.82) is 0 Å². The van der Waals surface area contributed by atoms with Crippen molar-refractivity contribution < 1.29 is 9.47 Å². The van der Waals surface area contributed by atoms with E-state index in [-0.39, 0.29) is 0 Å². The maximum Gasteiger partial charge on any atom is 0.216 e. The zero-order valence-corrected chi connectivity index (χ0v) is 15.2. The molecule has 6 nitrogen and oxygen atoms in total. The van der Waals surface area contributed by atoms with Gasteiger partial charge in [0.1, 0.15) is 0 Å². The van der Waals surface area contributed by atoms with Crippen LogP contribution in [0.4, 0.5) is 0 Å². The highest BCUT2D eigenvalue weighted by Crippen LogP contribution is 2.28. The number of hydrogen-bond acceptors (Lipinski definition) is 5. The van der Waals surface area contributed by atoms with Crippen molar-refractivity contribution in [3.8, 4) is 11.5 Å². The van der Waals surface area contributed by atoms with E-state index in [4.69, 9.17) is 21.7 Å².